The topological polar surface area (TPSA) is 47.8 Å². The second kappa shape index (κ2) is 5.38. The van der Waals surface area contributed by atoms with Crippen LogP contribution in [0.25, 0.3) is 5.69 Å². The van der Waals surface area contributed by atoms with Gasteiger partial charge < -0.3 is 0 Å². The van der Waals surface area contributed by atoms with E-state index in [4.69, 9.17) is 0 Å². The molecule has 5 heteroatoms. The number of benzene rings is 1. The van der Waals surface area contributed by atoms with E-state index in [0.29, 0.717) is 15.9 Å². The lowest BCUT2D eigenvalue weighted by Gasteiger charge is -2.07. The third-order valence-corrected chi connectivity index (χ3v) is 3.49. The molecule has 0 radical (unpaired) electrons. The number of para-hydroxylation sites is 1. The first-order valence-electron chi connectivity index (χ1n) is 6.02. The SMILES string of the molecule is O=C(c1ncccc1Br)c1ccnn1-c1ccccc1. The maximum Gasteiger partial charge on any atom is 0.230 e. The molecule has 98 valence electrons. The van der Waals surface area contributed by atoms with E-state index in [9.17, 15) is 4.79 Å². The summed E-state index contributed by atoms with van der Waals surface area (Å²) in [6.07, 6.45) is 3.21. The van der Waals surface area contributed by atoms with Gasteiger partial charge in [0, 0.05) is 10.7 Å². The summed E-state index contributed by atoms with van der Waals surface area (Å²) in [5.41, 5.74) is 1.70. The van der Waals surface area contributed by atoms with Gasteiger partial charge in [0.15, 0.2) is 0 Å². The Kier molecular flexibility index (Phi) is 3.43. The van der Waals surface area contributed by atoms with E-state index in [1.165, 1.54) is 0 Å². The number of carbonyl (C=O) groups excluding carboxylic acids is 1. The number of carbonyl (C=O) groups is 1. The van der Waals surface area contributed by atoms with Crippen molar-refractivity contribution in [3.63, 3.8) is 0 Å². The molecule has 0 saturated carbocycles. The molecular weight excluding hydrogens is 318 g/mol. The minimum Gasteiger partial charge on any atom is -0.285 e. The lowest BCUT2D eigenvalue weighted by Crippen LogP contribution is -2.11. The molecule has 2 aromatic heterocycles. The molecule has 0 fully saturated rings. The second-order valence-corrected chi connectivity index (χ2v) is 4.98. The first-order valence-corrected chi connectivity index (χ1v) is 6.81. The fraction of sp³-hybridized carbons (Fsp3) is 0. The zero-order valence-corrected chi connectivity index (χ0v) is 12.0. The van der Waals surface area contributed by atoms with Gasteiger partial charge in [0.2, 0.25) is 5.78 Å². The van der Waals surface area contributed by atoms with E-state index in [1.807, 2.05) is 30.3 Å². The van der Waals surface area contributed by atoms with Crippen molar-refractivity contribution in [3.8, 4) is 5.69 Å². The highest BCUT2D eigenvalue weighted by atomic mass is 79.9. The van der Waals surface area contributed by atoms with Crippen LogP contribution in [0.2, 0.25) is 0 Å². The Morgan fingerprint density at radius 1 is 1.00 bits per heavy atom. The summed E-state index contributed by atoms with van der Waals surface area (Å²) in [4.78, 5) is 16.7. The number of halogens is 1. The van der Waals surface area contributed by atoms with Gasteiger partial charge in [0.25, 0.3) is 0 Å². The summed E-state index contributed by atoms with van der Waals surface area (Å²) in [6.45, 7) is 0. The molecule has 1 aromatic carbocycles. The van der Waals surface area contributed by atoms with Crippen LogP contribution in [0.1, 0.15) is 16.2 Å². The van der Waals surface area contributed by atoms with Gasteiger partial charge in [-0.25, -0.2) is 4.68 Å². The second-order valence-electron chi connectivity index (χ2n) is 4.13. The Balaban J connectivity index is 2.07. The summed E-state index contributed by atoms with van der Waals surface area (Å²) in [6, 6.07) is 14.8. The number of hydrogen-bond acceptors (Lipinski definition) is 3. The Hall–Kier alpha value is -2.27. The van der Waals surface area contributed by atoms with Gasteiger partial charge in [-0.15, -0.1) is 0 Å². The molecule has 2 heterocycles. The molecule has 0 atom stereocenters. The summed E-state index contributed by atoms with van der Waals surface area (Å²) in [5.74, 6) is -0.168. The monoisotopic (exact) mass is 327 g/mol. The zero-order valence-electron chi connectivity index (χ0n) is 10.4. The normalized spacial score (nSPS) is 10.4. The molecule has 0 aliphatic heterocycles. The van der Waals surface area contributed by atoms with Crippen LogP contribution in [-0.2, 0) is 0 Å². The minimum absolute atomic E-state index is 0.168. The van der Waals surface area contributed by atoms with E-state index in [1.54, 1.807) is 35.3 Å². The Morgan fingerprint density at radius 2 is 1.80 bits per heavy atom. The number of ketones is 1. The first-order chi connectivity index (χ1) is 9.77. The standard InChI is InChI=1S/C15H10BrN3O/c16-12-7-4-9-17-14(12)15(20)13-8-10-18-19(13)11-5-2-1-3-6-11/h1-10H. The van der Waals surface area contributed by atoms with Crippen molar-refractivity contribution in [2.75, 3.05) is 0 Å². The molecular formula is C15H10BrN3O. The van der Waals surface area contributed by atoms with Crippen molar-refractivity contribution in [3.05, 3.63) is 76.8 Å². The van der Waals surface area contributed by atoms with Crippen LogP contribution in [0, 0.1) is 0 Å². The van der Waals surface area contributed by atoms with Crippen LogP contribution < -0.4 is 0 Å². The van der Waals surface area contributed by atoms with Crippen LogP contribution in [0.4, 0.5) is 0 Å². The molecule has 0 aliphatic carbocycles. The third kappa shape index (κ3) is 2.28. The maximum atomic E-state index is 12.6. The van der Waals surface area contributed by atoms with Gasteiger partial charge in [0.05, 0.1) is 11.9 Å². The van der Waals surface area contributed by atoms with Crippen LogP contribution in [-0.4, -0.2) is 20.5 Å². The van der Waals surface area contributed by atoms with E-state index >= 15 is 0 Å². The number of rotatable bonds is 3. The average molecular weight is 328 g/mol. The summed E-state index contributed by atoms with van der Waals surface area (Å²) in [7, 11) is 0. The largest absolute Gasteiger partial charge is 0.285 e. The Bertz CT molecular complexity index is 753. The highest BCUT2D eigenvalue weighted by molar-refractivity contribution is 9.10. The number of hydrogen-bond donors (Lipinski definition) is 0. The molecule has 20 heavy (non-hydrogen) atoms. The smallest absolute Gasteiger partial charge is 0.230 e. The third-order valence-electron chi connectivity index (χ3n) is 2.85. The van der Waals surface area contributed by atoms with Crippen molar-refractivity contribution in [2.24, 2.45) is 0 Å². The predicted molar refractivity (Wildman–Crippen MR) is 78.9 cm³/mol. The molecule has 3 aromatic rings. The summed E-state index contributed by atoms with van der Waals surface area (Å²) < 4.78 is 2.29. The minimum atomic E-state index is -0.168. The number of nitrogens with zero attached hydrogens (tertiary/aromatic N) is 3. The number of aromatic nitrogens is 3. The highest BCUT2D eigenvalue weighted by Crippen LogP contribution is 2.19. The summed E-state index contributed by atoms with van der Waals surface area (Å²) >= 11 is 3.35. The van der Waals surface area contributed by atoms with Crippen molar-refractivity contribution in [2.45, 2.75) is 0 Å². The lowest BCUT2D eigenvalue weighted by molar-refractivity contribution is 0.102. The molecule has 0 amide bonds. The Morgan fingerprint density at radius 3 is 2.55 bits per heavy atom. The summed E-state index contributed by atoms with van der Waals surface area (Å²) in [5, 5.41) is 4.22. The molecule has 0 bridgehead atoms. The van der Waals surface area contributed by atoms with Gasteiger partial charge in [-0.2, -0.15) is 5.10 Å². The number of pyridine rings is 1. The van der Waals surface area contributed by atoms with Crippen LogP contribution in [0.15, 0.2) is 65.4 Å². The maximum absolute atomic E-state index is 12.6. The fourth-order valence-corrected chi connectivity index (χ4v) is 2.36. The molecule has 0 aliphatic rings. The van der Waals surface area contributed by atoms with Crippen molar-refractivity contribution >= 4 is 21.7 Å². The zero-order chi connectivity index (χ0) is 13.9. The van der Waals surface area contributed by atoms with Crippen LogP contribution in [0.3, 0.4) is 0 Å². The van der Waals surface area contributed by atoms with E-state index in [2.05, 4.69) is 26.0 Å². The molecule has 0 unspecified atom stereocenters. The van der Waals surface area contributed by atoms with Crippen LogP contribution in [0.5, 0.6) is 0 Å². The van der Waals surface area contributed by atoms with Crippen molar-refractivity contribution in [1.82, 2.24) is 14.8 Å². The highest BCUT2D eigenvalue weighted by Gasteiger charge is 2.18. The van der Waals surface area contributed by atoms with E-state index in [-0.39, 0.29) is 5.78 Å². The molecule has 0 saturated heterocycles. The first kappa shape index (κ1) is 12.7. The van der Waals surface area contributed by atoms with Gasteiger partial charge in [-0.05, 0) is 46.3 Å². The Labute approximate surface area is 124 Å². The average Bonchev–Trinajstić information content (AvgIpc) is 2.97. The van der Waals surface area contributed by atoms with Gasteiger partial charge in [-0.1, -0.05) is 18.2 Å². The molecule has 0 spiro atoms. The van der Waals surface area contributed by atoms with E-state index in [0.717, 1.165) is 5.69 Å². The molecule has 0 N–H and O–H groups in total. The lowest BCUT2D eigenvalue weighted by atomic mass is 10.2. The van der Waals surface area contributed by atoms with Gasteiger partial charge in [-0.3, -0.25) is 9.78 Å². The van der Waals surface area contributed by atoms with Crippen molar-refractivity contribution < 1.29 is 4.79 Å². The van der Waals surface area contributed by atoms with Crippen molar-refractivity contribution in [1.29, 1.82) is 0 Å². The quantitative estimate of drug-likeness (QED) is 0.694. The molecule has 4 nitrogen and oxygen atoms in total. The predicted octanol–water partition coefficient (Wildman–Crippen LogP) is 3.26. The van der Waals surface area contributed by atoms with Gasteiger partial charge in [0.1, 0.15) is 11.4 Å². The molecule has 3 rings (SSSR count). The fourth-order valence-electron chi connectivity index (χ4n) is 1.92. The van der Waals surface area contributed by atoms with Crippen LogP contribution >= 0.6 is 15.9 Å². The van der Waals surface area contributed by atoms with E-state index < -0.39 is 0 Å². The van der Waals surface area contributed by atoms with Gasteiger partial charge >= 0.3 is 0 Å².